The summed E-state index contributed by atoms with van der Waals surface area (Å²) in [4.78, 5) is 34.7. The maximum absolute atomic E-state index is 13.0. The van der Waals surface area contributed by atoms with Crippen LogP contribution < -0.4 is 15.0 Å². The van der Waals surface area contributed by atoms with E-state index in [9.17, 15) is 9.59 Å². The molecule has 0 saturated carbocycles. The van der Waals surface area contributed by atoms with Crippen molar-refractivity contribution < 1.29 is 19.1 Å². The van der Waals surface area contributed by atoms with E-state index in [4.69, 9.17) is 9.47 Å². The lowest BCUT2D eigenvalue weighted by molar-refractivity contribution is -0.137. The minimum absolute atomic E-state index is 0.0444. The Morgan fingerprint density at radius 1 is 0.951 bits per heavy atom. The topological polar surface area (TPSA) is 82.5 Å². The zero-order valence-corrected chi connectivity index (χ0v) is 24.1. The molecule has 0 radical (unpaired) electrons. The molecule has 2 amide bonds. The Morgan fingerprint density at radius 3 is 2.49 bits per heavy atom. The largest absolute Gasteiger partial charge is 0.418 e. The van der Waals surface area contributed by atoms with E-state index < -0.39 is 6.09 Å². The second-order valence-electron chi connectivity index (χ2n) is 11.3. The fourth-order valence-corrected chi connectivity index (χ4v) is 6.34. The van der Waals surface area contributed by atoms with Crippen LogP contribution in [0.3, 0.4) is 0 Å². The number of para-hydroxylation sites is 1. The van der Waals surface area contributed by atoms with Gasteiger partial charge >= 0.3 is 6.09 Å². The van der Waals surface area contributed by atoms with Gasteiger partial charge in [0, 0.05) is 75.7 Å². The summed E-state index contributed by atoms with van der Waals surface area (Å²) in [6, 6.07) is 16.0. The number of amides is 2. The van der Waals surface area contributed by atoms with Crippen molar-refractivity contribution in [1.29, 1.82) is 0 Å². The third kappa shape index (κ3) is 6.05. The normalized spacial score (nSPS) is 20.5. The second kappa shape index (κ2) is 12.1. The summed E-state index contributed by atoms with van der Waals surface area (Å²) in [6.07, 6.45) is 1.54. The van der Waals surface area contributed by atoms with E-state index >= 15 is 0 Å². The molecule has 218 valence electrons. The van der Waals surface area contributed by atoms with Gasteiger partial charge in [-0.2, -0.15) is 0 Å². The number of aromatic nitrogens is 1. The van der Waals surface area contributed by atoms with Crippen molar-refractivity contribution in [2.24, 2.45) is 7.05 Å². The Hall–Kier alpha value is -3.60. The first kappa shape index (κ1) is 27.6. The highest BCUT2D eigenvalue weighted by Crippen LogP contribution is 2.29. The summed E-state index contributed by atoms with van der Waals surface area (Å²) in [7, 11) is 3.99. The predicted octanol–water partition coefficient (Wildman–Crippen LogP) is 3.36. The van der Waals surface area contributed by atoms with Crippen LogP contribution in [-0.4, -0.2) is 103 Å². The van der Waals surface area contributed by atoms with Crippen molar-refractivity contribution in [2.45, 2.75) is 25.4 Å². The van der Waals surface area contributed by atoms with E-state index in [0.29, 0.717) is 24.8 Å². The molecule has 2 aromatic carbocycles. The van der Waals surface area contributed by atoms with Gasteiger partial charge in [0.15, 0.2) is 0 Å². The van der Waals surface area contributed by atoms with Crippen LogP contribution in [0.25, 0.3) is 10.9 Å². The summed E-state index contributed by atoms with van der Waals surface area (Å²) in [5.74, 6) is 0.771. The predicted molar refractivity (Wildman–Crippen MR) is 160 cm³/mol. The molecule has 0 unspecified atom stereocenters. The fourth-order valence-electron chi connectivity index (χ4n) is 6.34. The Bertz CT molecular complexity index is 1390. The van der Waals surface area contributed by atoms with Gasteiger partial charge in [0.2, 0.25) is 11.8 Å². The molecule has 0 bridgehead atoms. The smallest absolute Gasteiger partial charge is 0.393 e. The molecular formula is C31H40N6O4. The van der Waals surface area contributed by atoms with E-state index in [1.807, 2.05) is 59.0 Å². The molecule has 10 nitrogen and oxygen atoms in total. The fraction of sp³-hybridized carbons (Fsp3) is 0.484. The minimum Gasteiger partial charge on any atom is -0.393 e. The van der Waals surface area contributed by atoms with Crippen LogP contribution in [0.15, 0.2) is 48.5 Å². The van der Waals surface area contributed by atoms with Crippen molar-refractivity contribution in [3.63, 3.8) is 0 Å². The highest BCUT2D eigenvalue weighted by molar-refractivity contribution is 5.90. The lowest BCUT2D eigenvalue weighted by Crippen LogP contribution is -2.52. The summed E-state index contributed by atoms with van der Waals surface area (Å²) in [5, 5.41) is 3.91. The maximum Gasteiger partial charge on any atom is 0.418 e. The van der Waals surface area contributed by atoms with Crippen LogP contribution >= 0.6 is 0 Å². The van der Waals surface area contributed by atoms with Gasteiger partial charge in [0.05, 0.1) is 24.8 Å². The molecule has 1 atom stereocenters. The number of aryl methyl sites for hydroxylation is 1. The third-order valence-corrected chi connectivity index (χ3v) is 8.65. The van der Waals surface area contributed by atoms with Gasteiger partial charge in [-0.25, -0.2) is 4.79 Å². The number of carbonyl (C=O) groups is 2. The van der Waals surface area contributed by atoms with E-state index in [0.717, 1.165) is 81.8 Å². The van der Waals surface area contributed by atoms with Crippen LogP contribution in [0.4, 0.5) is 16.2 Å². The second-order valence-corrected chi connectivity index (χ2v) is 11.3. The van der Waals surface area contributed by atoms with Crippen LogP contribution in [0.1, 0.15) is 18.4 Å². The van der Waals surface area contributed by atoms with E-state index in [1.165, 1.54) is 5.56 Å². The van der Waals surface area contributed by atoms with Crippen molar-refractivity contribution in [2.75, 3.05) is 76.3 Å². The number of likely N-dealkylation sites (N-methyl/N-ethyl adjacent to an activating group) is 1. The number of morpholine rings is 1. The molecular weight excluding hydrogens is 520 g/mol. The molecule has 3 saturated heterocycles. The van der Waals surface area contributed by atoms with Crippen molar-refractivity contribution in [3.8, 4) is 5.88 Å². The molecule has 1 aromatic heterocycles. The number of nitrogens with one attached hydrogen (secondary N) is 1. The number of carbonyl (C=O) groups excluding carboxylic acids is 2. The van der Waals surface area contributed by atoms with Gasteiger partial charge in [-0.15, -0.1) is 0 Å². The number of likely N-dealkylation sites (tertiary alicyclic amines) is 1. The molecule has 6 rings (SSSR count). The quantitative estimate of drug-likeness (QED) is 0.495. The Kier molecular flexibility index (Phi) is 8.13. The first-order valence-corrected chi connectivity index (χ1v) is 14.7. The molecule has 3 fully saturated rings. The van der Waals surface area contributed by atoms with E-state index in [2.05, 4.69) is 33.1 Å². The van der Waals surface area contributed by atoms with Gasteiger partial charge in [0.25, 0.3) is 0 Å². The molecule has 1 N–H and O–H groups in total. The molecule has 4 heterocycles. The number of anilines is 2. The Labute approximate surface area is 241 Å². The summed E-state index contributed by atoms with van der Waals surface area (Å²) in [5.41, 5.74) is 3.97. The number of ether oxygens (including phenoxy) is 2. The Morgan fingerprint density at radius 2 is 1.73 bits per heavy atom. The molecule has 0 spiro atoms. The standard InChI is InChI=1S/C31H40N6O4/c1-33-11-5-10-27(33)30(38)37-14-12-35(13-15-37)22-24-7-3-6-23-20-28(34(2)29(23)24)41-31(39)32-25-8-4-9-26(21-25)36-16-18-40-19-17-36/h3-4,6-9,20-21,27H,5,10-19,22H2,1-2H3,(H,32,39)/t27-/m0/s1. The summed E-state index contributed by atoms with van der Waals surface area (Å²) in [6.45, 7) is 8.06. The number of nitrogens with zero attached hydrogens (tertiary/aromatic N) is 5. The van der Waals surface area contributed by atoms with Gasteiger partial charge in [-0.1, -0.05) is 24.3 Å². The highest BCUT2D eigenvalue weighted by atomic mass is 16.6. The van der Waals surface area contributed by atoms with Crippen molar-refractivity contribution in [1.82, 2.24) is 19.3 Å². The van der Waals surface area contributed by atoms with Crippen LogP contribution in [-0.2, 0) is 23.1 Å². The van der Waals surface area contributed by atoms with Crippen molar-refractivity contribution >= 4 is 34.3 Å². The van der Waals surface area contributed by atoms with Crippen LogP contribution in [0, 0.1) is 0 Å². The molecule has 10 heteroatoms. The number of benzene rings is 2. The van der Waals surface area contributed by atoms with E-state index in [1.54, 1.807) is 0 Å². The van der Waals surface area contributed by atoms with Gasteiger partial charge in [-0.05, 0) is 50.2 Å². The average Bonchev–Trinajstić information content (AvgIpc) is 3.56. The Balaban J connectivity index is 1.09. The number of hydrogen-bond donors (Lipinski definition) is 1. The van der Waals surface area contributed by atoms with Gasteiger partial charge in [0.1, 0.15) is 0 Å². The molecule has 3 aromatic rings. The lowest BCUT2D eigenvalue weighted by atomic mass is 10.1. The molecule has 0 aliphatic carbocycles. The van der Waals surface area contributed by atoms with Crippen LogP contribution in [0.2, 0.25) is 0 Å². The minimum atomic E-state index is -0.523. The zero-order valence-electron chi connectivity index (χ0n) is 24.1. The van der Waals surface area contributed by atoms with Gasteiger partial charge in [-0.3, -0.25) is 19.9 Å². The average molecular weight is 561 g/mol. The third-order valence-electron chi connectivity index (χ3n) is 8.65. The highest BCUT2D eigenvalue weighted by Gasteiger charge is 2.33. The first-order valence-electron chi connectivity index (χ1n) is 14.7. The summed E-state index contributed by atoms with van der Waals surface area (Å²) < 4.78 is 13.2. The SMILES string of the molecule is CN1CCC[C@H]1C(=O)N1CCN(Cc2cccc3cc(OC(=O)Nc4cccc(N5CCOCC5)c4)n(C)c23)CC1. The van der Waals surface area contributed by atoms with Crippen molar-refractivity contribution in [3.05, 3.63) is 54.1 Å². The van der Waals surface area contributed by atoms with E-state index in [-0.39, 0.29) is 11.9 Å². The molecule has 3 aliphatic rings. The summed E-state index contributed by atoms with van der Waals surface area (Å²) >= 11 is 0. The number of fused-ring (bicyclic) bond motifs is 1. The molecule has 3 aliphatic heterocycles. The maximum atomic E-state index is 13.0. The lowest BCUT2D eigenvalue weighted by Gasteiger charge is -2.37. The number of rotatable bonds is 6. The first-order chi connectivity index (χ1) is 20.0. The number of piperazine rings is 1. The number of hydrogen-bond acceptors (Lipinski definition) is 7. The van der Waals surface area contributed by atoms with Crippen LogP contribution in [0.5, 0.6) is 5.88 Å². The van der Waals surface area contributed by atoms with Gasteiger partial charge < -0.3 is 23.8 Å². The molecule has 41 heavy (non-hydrogen) atoms. The zero-order chi connectivity index (χ0) is 28.3. The monoisotopic (exact) mass is 560 g/mol.